The van der Waals surface area contributed by atoms with Crippen molar-refractivity contribution in [3.63, 3.8) is 0 Å². The Morgan fingerprint density at radius 3 is 2.43 bits per heavy atom. The van der Waals surface area contributed by atoms with Gasteiger partial charge in [-0.1, -0.05) is 11.6 Å². The normalized spacial score (nSPS) is 14.3. The quantitative estimate of drug-likeness (QED) is 0.860. The molecule has 0 saturated carbocycles. The molecule has 23 heavy (non-hydrogen) atoms. The second-order valence-corrected chi connectivity index (χ2v) is 7.88. The lowest BCUT2D eigenvalue weighted by Gasteiger charge is -2.21. The van der Waals surface area contributed by atoms with E-state index in [4.69, 9.17) is 11.6 Å². The van der Waals surface area contributed by atoms with E-state index >= 15 is 0 Å². The molecule has 1 aliphatic heterocycles. The Hall–Kier alpha value is -1.52. The van der Waals surface area contributed by atoms with Gasteiger partial charge >= 0.3 is 0 Å². The molecule has 1 aromatic heterocycles. The number of carbonyl (C=O) groups is 1. The number of thiophene rings is 1. The highest BCUT2D eigenvalue weighted by atomic mass is 35.5. The van der Waals surface area contributed by atoms with E-state index in [1.807, 2.05) is 12.1 Å². The topological polar surface area (TPSA) is 32.3 Å². The second kappa shape index (κ2) is 6.93. The van der Waals surface area contributed by atoms with Gasteiger partial charge < -0.3 is 10.2 Å². The zero-order valence-electron chi connectivity index (χ0n) is 13.5. The number of anilines is 2. The summed E-state index contributed by atoms with van der Waals surface area (Å²) in [5, 5.41) is 3.06. The van der Waals surface area contributed by atoms with Crippen LogP contribution in [0.15, 0.2) is 24.3 Å². The Kier molecular flexibility index (Phi) is 4.93. The van der Waals surface area contributed by atoms with Crippen molar-refractivity contribution in [3.8, 4) is 0 Å². The largest absolute Gasteiger partial charge is 0.372 e. The van der Waals surface area contributed by atoms with E-state index in [-0.39, 0.29) is 5.91 Å². The number of benzene rings is 1. The van der Waals surface area contributed by atoms with Gasteiger partial charge in [0.05, 0.1) is 10.8 Å². The summed E-state index contributed by atoms with van der Waals surface area (Å²) in [5.74, 6) is 0.00337. The van der Waals surface area contributed by atoms with Crippen molar-refractivity contribution >= 4 is 40.2 Å². The summed E-state index contributed by atoms with van der Waals surface area (Å²) in [4.78, 5) is 15.7. The smallest absolute Gasteiger partial charge is 0.229 e. The molecule has 0 unspecified atom stereocenters. The van der Waals surface area contributed by atoms with Crippen molar-refractivity contribution in [3.05, 3.63) is 44.6 Å². The van der Waals surface area contributed by atoms with Gasteiger partial charge in [-0.15, -0.1) is 11.3 Å². The summed E-state index contributed by atoms with van der Waals surface area (Å²) in [6.07, 6.45) is 2.89. The average molecular weight is 349 g/mol. The summed E-state index contributed by atoms with van der Waals surface area (Å²) in [7, 11) is 0. The Balaban J connectivity index is 1.73. The Morgan fingerprint density at radius 1 is 1.22 bits per heavy atom. The molecule has 0 atom stereocenters. The number of hydrogen-bond donors (Lipinski definition) is 1. The molecule has 0 aliphatic carbocycles. The monoisotopic (exact) mass is 348 g/mol. The molecule has 1 fully saturated rings. The Morgan fingerprint density at radius 2 is 1.87 bits per heavy atom. The van der Waals surface area contributed by atoms with Crippen molar-refractivity contribution in [1.29, 1.82) is 0 Å². The lowest BCUT2D eigenvalue weighted by Crippen LogP contribution is -2.19. The van der Waals surface area contributed by atoms with E-state index in [9.17, 15) is 4.79 Å². The van der Waals surface area contributed by atoms with Gasteiger partial charge in [0.1, 0.15) is 0 Å². The van der Waals surface area contributed by atoms with Crippen LogP contribution < -0.4 is 10.2 Å². The summed E-state index contributed by atoms with van der Waals surface area (Å²) in [6.45, 7) is 6.38. The van der Waals surface area contributed by atoms with Crippen LogP contribution in [-0.4, -0.2) is 19.0 Å². The predicted molar refractivity (Wildman–Crippen MR) is 99.0 cm³/mol. The number of amides is 1. The van der Waals surface area contributed by atoms with Gasteiger partial charge in [-0.3, -0.25) is 4.79 Å². The van der Waals surface area contributed by atoms with Crippen LogP contribution in [0.5, 0.6) is 0 Å². The molecule has 0 spiro atoms. The van der Waals surface area contributed by atoms with Crippen LogP contribution in [0, 0.1) is 13.8 Å². The van der Waals surface area contributed by atoms with Crippen molar-refractivity contribution in [1.82, 2.24) is 0 Å². The lowest BCUT2D eigenvalue weighted by molar-refractivity contribution is -0.115. The zero-order valence-corrected chi connectivity index (χ0v) is 15.1. The summed E-state index contributed by atoms with van der Waals surface area (Å²) >= 11 is 7.37. The third kappa shape index (κ3) is 3.88. The number of rotatable bonds is 4. The molecule has 3 rings (SSSR count). The van der Waals surface area contributed by atoms with Crippen LogP contribution in [0.25, 0.3) is 0 Å². The first kappa shape index (κ1) is 16.3. The van der Waals surface area contributed by atoms with Crippen molar-refractivity contribution in [2.75, 3.05) is 23.3 Å². The molecule has 1 aliphatic rings. The van der Waals surface area contributed by atoms with E-state index in [2.05, 4.69) is 36.2 Å². The molecule has 1 amide bonds. The highest BCUT2D eigenvalue weighted by molar-refractivity contribution is 7.16. The minimum atomic E-state index is 0.00337. The highest BCUT2D eigenvalue weighted by Gasteiger charge is 2.16. The average Bonchev–Trinajstić information content (AvgIpc) is 3.14. The van der Waals surface area contributed by atoms with E-state index in [0.717, 1.165) is 39.1 Å². The summed E-state index contributed by atoms with van der Waals surface area (Å²) in [6, 6.07) is 8.09. The summed E-state index contributed by atoms with van der Waals surface area (Å²) < 4.78 is 0.718. The molecule has 5 heteroatoms. The number of nitrogens with zero attached hydrogens (tertiary/aromatic N) is 1. The predicted octanol–water partition coefficient (Wildman–Crippen LogP) is 4.80. The lowest BCUT2D eigenvalue weighted by atomic mass is 10.1. The summed E-state index contributed by atoms with van der Waals surface area (Å²) in [5.41, 5.74) is 4.43. The third-order valence-corrected chi connectivity index (χ3v) is 5.45. The molecule has 1 saturated heterocycles. The fourth-order valence-corrected chi connectivity index (χ4v) is 4.17. The molecular weight excluding hydrogens is 328 g/mol. The van der Waals surface area contributed by atoms with E-state index < -0.39 is 0 Å². The van der Waals surface area contributed by atoms with E-state index in [0.29, 0.717) is 6.42 Å². The van der Waals surface area contributed by atoms with Crippen molar-refractivity contribution in [2.24, 2.45) is 0 Å². The van der Waals surface area contributed by atoms with Crippen molar-refractivity contribution < 1.29 is 4.79 Å². The molecule has 2 heterocycles. The minimum absolute atomic E-state index is 0.00337. The molecule has 2 aromatic rings. The van der Waals surface area contributed by atoms with Crippen LogP contribution in [0.3, 0.4) is 0 Å². The van der Waals surface area contributed by atoms with Gasteiger partial charge in [0, 0.05) is 29.3 Å². The third-order valence-electron chi connectivity index (χ3n) is 4.22. The zero-order chi connectivity index (χ0) is 16.4. The molecule has 1 N–H and O–H groups in total. The molecule has 122 valence electrons. The van der Waals surface area contributed by atoms with Crippen LogP contribution in [0.2, 0.25) is 4.34 Å². The molecule has 3 nitrogen and oxygen atoms in total. The fraction of sp³-hybridized carbons (Fsp3) is 0.389. The first-order chi connectivity index (χ1) is 11.0. The Bertz CT molecular complexity index is 697. The maximum Gasteiger partial charge on any atom is 0.229 e. The molecule has 0 bridgehead atoms. The Labute approximate surface area is 146 Å². The maximum atomic E-state index is 12.3. The first-order valence-corrected chi connectivity index (χ1v) is 9.12. The highest BCUT2D eigenvalue weighted by Crippen LogP contribution is 2.29. The number of aryl methyl sites for hydroxylation is 2. The molecule has 1 aromatic carbocycles. The van der Waals surface area contributed by atoms with Gasteiger partial charge in [-0.25, -0.2) is 0 Å². The van der Waals surface area contributed by atoms with Gasteiger partial charge in [0.15, 0.2) is 0 Å². The second-order valence-electron chi connectivity index (χ2n) is 6.08. The van der Waals surface area contributed by atoms with Crippen molar-refractivity contribution in [2.45, 2.75) is 33.1 Å². The standard InChI is InChI=1S/C18H21ClN2OS/c1-12-9-14(21-7-3-4-8-21)10-13(2)18(12)20-17(22)11-15-5-6-16(19)23-15/h5-6,9-10H,3-4,7-8,11H2,1-2H3,(H,20,22). The van der Waals surface area contributed by atoms with Crippen LogP contribution in [0.1, 0.15) is 28.8 Å². The van der Waals surface area contributed by atoms with Crippen LogP contribution in [0.4, 0.5) is 11.4 Å². The van der Waals surface area contributed by atoms with Gasteiger partial charge in [0.25, 0.3) is 0 Å². The van der Waals surface area contributed by atoms with Crippen LogP contribution >= 0.6 is 22.9 Å². The molecular formula is C18H21ClN2OS. The van der Waals surface area contributed by atoms with E-state index in [1.54, 1.807) is 0 Å². The minimum Gasteiger partial charge on any atom is -0.372 e. The molecule has 0 radical (unpaired) electrons. The SMILES string of the molecule is Cc1cc(N2CCCC2)cc(C)c1NC(=O)Cc1ccc(Cl)s1. The van der Waals surface area contributed by atoms with Gasteiger partial charge in [-0.05, 0) is 62.1 Å². The fourth-order valence-electron chi connectivity index (χ4n) is 3.08. The number of carbonyl (C=O) groups excluding carboxylic acids is 1. The number of halogens is 1. The first-order valence-electron chi connectivity index (χ1n) is 7.93. The van der Waals surface area contributed by atoms with E-state index in [1.165, 1.54) is 29.9 Å². The van der Waals surface area contributed by atoms with Gasteiger partial charge in [-0.2, -0.15) is 0 Å². The van der Waals surface area contributed by atoms with Crippen LogP contribution in [-0.2, 0) is 11.2 Å². The maximum absolute atomic E-state index is 12.3. The number of hydrogen-bond acceptors (Lipinski definition) is 3. The number of nitrogens with one attached hydrogen (secondary N) is 1. The van der Waals surface area contributed by atoms with Gasteiger partial charge in [0.2, 0.25) is 5.91 Å².